The van der Waals surface area contributed by atoms with E-state index in [9.17, 15) is 4.79 Å². The maximum atomic E-state index is 11.4. The maximum absolute atomic E-state index is 11.4. The molecule has 0 aliphatic rings. The van der Waals surface area contributed by atoms with Crippen LogP contribution >= 0.6 is 0 Å². The predicted octanol–water partition coefficient (Wildman–Crippen LogP) is 0.0229. The quantitative estimate of drug-likeness (QED) is 0.529. The molecule has 0 heterocycles. The monoisotopic (exact) mass is 200 g/mol. The molecule has 0 aliphatic heterocycles. The summed E-state index contributed by atoms with van der Waals surface area (Å²) in [4.78, 5) is 11.4. The molecule has 82 valence electrons. The first-order valence-corrected chi connectivity index (χ1v) is 4.80. The smallest absolute Gasteiger partial charge is 0.237 e. The lowest BCUT2D eigenvalue weighted by Gasteiger charge is -2.21. The first kappa shape index (κ1) is 13.1. The zero-order valence-electron chi connectivity index (χ0n) is 8.86. The van der Waals surface area contributed by atoms with E-state index in [1.54, 1.807) is 6.08 Å². The van der Waals surface area contributed by atoms with Crippen molar-refractivity contribution < 1.29 is 9.90 Å². The number of aliphatic hydroxyl groups is 1. The molecule has 4 heteroatoms. The van der Waals surface area contributed by atoms with Gasteiger partial charge in [0.2, 0.25) is 5.91 Å². The Balaban J connectivity index is 4.07. The standard InChI is InChI=1S/C10H20N2O2/c1-4-5-8(11)10(14)12-9(6-13)7(2)3/h4,7-9,13H,1,5-6,11H2,2-3H3,(H,12,14)/t8?,9-/m1/s1. The molecule has 1 amide bonds. The van der Waals surface area contributed by atoms with E-state index in [0.29, 0.717) is 6.42 Å². The fraction of sp³-hybridized carbons (Fsp3) is 0.700. The summed E-state index contributed by atoms with van der Waals surface area (Å²) >= 11 is 0. The van der Waals surface area contributed by atoms with Crippen molar-refractivity contribution in [2.24, 2.45) is 11.7 Å². The van der Waals surface area contributed by atoms with E-state index in [4.69, 9.17) is 10.8 Å². The van der Waals surface area contributed by atoms with Crippen molar-refractivity contribution in [2.75, 3.05) is 6.61 Å². The summed E-state index contributed by atoms with van der Waals surface area (Å²) < 4.78 is 0. The Hall–Kier alpha value is -0.870. The van der Waals surface area contributed by atoms with Crippen LogP contribution in [0, 0.1) is 5.92 Å². The average Bonchev–Trinajstić information content (AvgIpc) is 2.13. The van der Waals surface area contributed by atoms with Gasteiger partial charge in [0.15, 0.2) is 0 Å². The van der Waals surface area contributed by atoms with Crippen molar-refractivity contribution in [1.82, 2.24) is 5.32 Å². The Morgan fingerprint density at radius 1 is 1.64 bits per heavy atom. The van der Waals surface area contributed by atoms with Crippen molar-refractivity contribution in [2.45, 2.75) is 32.4 Å². The minimum Gasteiger partial charge on any atom is -0.394 e. The normalized spacial score (nSPS) is 14.9. The van der Waals surface area contributed by atoms with Gasteiger partial charge < -0.3 is 16.2 Å². The minimum absolute atomic E-state index is 0.0653. The van der Waals surface area contributed by atoms with Crippen LogP contribution in [0.2, 0.25) is 0 Å². The molecule has 0 saturated carbocycles. The van der Waals surface area contributed by atoms with Crippen molar-refractivity contribution in [3.8, 4) is 0 Å². The second-order valence-corrected chi connectivity index (χ2v) is 3.67. The van der Waals surface area contributed by atoms with Gasteiger partial charge in [-0.05, 0) is 12.3 Å². The molecule has 1 unspecified atom stereocenters. The van der Waals surface area contributed by atoms with Gasteiger partial charge in [-0.1, -0.05) is 19.9 Å². The summed E-state index contributed by atoms with van der Waals surface area (Å²) in [5, 5.41) is 11.7. The number of carbonyl (C=O) groups is 1. The summed E-state index contributed by atoms with van der Waals surface area (Å²) in [6.07, 6.45) is 2.05. The molecule has 0 aromatic heterocycles. The molecule has 0 rings (SSSR count). The van der Waals surface area contributed by atoms with Gasteiger partial charge in [-0.3, -0.25) is 4.79 Å². The number of amides is 1. The van der Waals surface area contributed by atoms with Crippen molar-refractivity contribution in [3.05, 3.63) is 12.7 Å². The average molecular weight is 200 g/mol. The lowest BCUT2D eigenvalue weighted by Crippen LogP contribution is -2.48. The topological polar surface area (TPSA) is 75.4 Å². The number of rotatable bonds is 6. The van der Waals surface area contributed by atoms with E-state index < -0.39 is 6.04 Å². The van der Waals surface area contributed by atoms with Crippen molar-refractivity contribution in [1.29, 1.82) is 0 Å². The summed E-state index contributed by atoms with van der Waals surface area (Å²) in [5.41, 5.74) is 5.57. The third-order valence-corrected chi connectivity index (χ3v) is 2.09. The zero-order chi connectivity index (χ0) is 11.1. The number of aliphatic hydroxyl groups excluding tert-OH is 1. The molecule has 4 N–H and O–H groups in total. The molecule has 0 saturated heterocycles. The molecule has 2 atom stereocenters. The number of hydrogen-bond acceptors (Lipinski definition) is 3. The molecule has 0 radical (unpaired) electrons. The Morgan fingerprint density at radius 2 is 2.21 bits per heavy atom. The van der Waals surface area contributed by atoms with Crippen LogP contribution in [0.1, 0.15) is 20.3 Å². The lowest BCUT2D eigenvalue weighted by molar-refractivity contribution is -0.123. The Morgan fingerprint density at radius 3 is 2.57 bits per heavy atom. The van der Waals surface area contributed by atoms with Crippen LogP contribution in [0.4, 0.5) is 0 Å². The van der Waals surface area contributed by atoms with Crippen LogP contribution in [-0.2, 0) is 4.79 Å². The third-order valence-electron chi connectivity index (χ3n) is 2.09. The molecule has 0 fully saturated rings. The van der Waals surface area contributed by atoms with Gasteiger partial charge >= 0.3 is 0 Å². The summed E-state index contributed by atoms with van der Waals surface area (Å²) in [5.74, 6) is -0.0440. The highest BCUT2D eigenvalue weighted by molar-refractivity contribution is 5.81. The van der Waals surface area contributed by atoms with Gasteiger partial charge in [0.1, 0.15) is 0 Å². The zero-order valence-corrected chi connectivity index (χ0v) is 8.86. The Kier molecular flexibility index (Phi) is 6.16. The fourth-order valence-corrected chi connectivity index (χ4v) is 0.999. The van der Waals surface area contributed by atoms with Crippen LogP contribution in [0.25, 0.3) is 0 Å². The van der Waals surface area contributed by atoms with Crippen LogP contribution in [0.5, 0.6) is 0 Å². The van der Waals surface area contributed by atoms with Crippen molar-refractivity contribution in [3.63, 3.8) is 0 Å². The predicted molar refractivity (Wildman–Crippen MR) is 56.6 cm³/mol. The molecular formula is C10H20N2O2. The van der Waals surface area contributed by atoms with Crippen molar-refractivity contribution >= 4 is 5.91 Å². The van der Waals surface area contributed by atoms with Gasteiger partial charge in [0, 0.05) is 0 Å². The number of nitrogens with one attached hydrogen (secondary N) is 1. The lowest BCUT2D eigenvalue weighted by atomic mass is 10.0. The molecule has 0 aromatic carbocycles. The van der Waals surface area contributed by atoms with E-state index in [1.807, 2.05) is 13.8 Å². The number of nitrogens with two attached hydrogens (primary N) is 1. The minimum atomic E-state index is -0.569. The number of hydrogen-bond donors (Lipinski definition) is 3. The fourth-order valence-electron chi connectivity index (χ4n) is 0.999. The second kappa shape index (κ2) is 6.56. The van der Waals surface area contributed by atoms with Crippen LogP contribution in [-0.4, -0.2) is 29.7 Å². The van der Waals surface area contributed by atoms with Gasteiger partial charge in [0.25, 0.3) is 0 Å². The first-order chi connectivity index (χ1) is 6.52. The Bertz CT molecular complexity index is 193. The van der Waals surface area contributed by atoms with E-state index in [-0.39, 0.29) is 24.5 Å². The van der Waals surface area contributed by atoms with Crippen LogP contribution in [0.3, 0.4) is 0 Å². The SMILES string of the molecule is C=CCC(N)C(=O)N[C@H](CO)C(C)C. The summed E-state index contributed by atoms with van der Waals surface area (Å²) in [6.45, 7) is 7.30. The largest absolute Gasteiger partial charge is 0.394 e. The van der Waals surface area contributed by atoms with E-state index in [0.717, 1.165) is 0 Å². The molecule has 14 heavy (non-hydrogen) atoms. The maximum Gasteiger partial charge on any atom is 0.237 e. The second-order valence-electron chi connectivity index (χ2n) is 3.67. The van der Waals surface area contributed by atoms with Gasteiger partial charge in [0.05, 0.1) is 18.7 Å². The summed E-state index contributed by atoms with van der Waals surface area (Å²) in [7, 11) is 0. The molecule has 4 nitrogen and oxygen atoms in total. The van der Waals surface area contributed by atoms with Gasteiger partial charge in [-0.25, -0.2) is 0 Å². The van der Waals surface area contributed by atoms with Crippen LogP contribution < -0.4 is 11.1 Å². The van der Waals surface area contributed by atoms with E-state index >= 15 is 0 Å². The highest BCUT2D eigenvalue weighted by atomic mass is 16.3. The molecular weight excluding hydrogens is 180 g/mol. The van der Waals surface area contributed by atoms with E-state index in [2.05, 4.69) is 11.9 Å². The number of carbonyl (C=O) groups excluding carboxylic acids is 1. The van der Waals surface area contributed by atoms with Gasteiger partial charge in [-0.15, -0.1) is 6.58 Å². The Labute approximate surface area is 85.2 Å². The highest BCUT2D eigenvalue weighted by Crippen LogP contribution is 2.01. The van der Waals surface area contributed by atoms with E-state index in [1.165, 1.54) is 0 Å². The summed E-state index contributed by atoms with van der Waals surface area (Å²) in [6, 6.07) is -0.793. The van der Waals surface area contributed by atoms with Gasteiger partial charge in [-0.2, -0.15) is 0 Å². The van der Waals surface area contributed by atoms with Crippen LogP contribution in [0.15, 0.2) is 12.7 Å². The molecule has 0 spiro atoms. The highest BCUT2D eigenvalue weighted by Gasteiger charge is 2.18. The molecule has 0 aromatic rings. The first-order valence-electron chi connectivity index (χ1n) is 4.80. The molecule has 0 bridgehead atoms. The molecule has 0 aliphatic carbocycles. The third kappa shape index (κ3) is 4.39.